The second-order valence-corrected chi connectivity index (χ2v) is 8.14. The van der Waals surface area contributed by atoms with E-state index in [4.69, 9.17) is 4.98 Å². The summed E-state index contributed by atoms with van der Waals surface area (Å²) in [5.41, 5.74) is 7.10. The van der Waals surface area contributed by atoms with E-state index in [1.165, 1.54) is 7.11 Å². The number of pyridine rings is 2. The van der Waals surface area contributed by atoms with Crippen LogP contribution in [0.2, 0.25) is 0 Å². The average Bonchev–Trinajstić information content (AvgIpc) is 3.37. The van der Waals surface area contributed by atoms with Crippen LogP contribution >= 0.6 is 0 Å². The Hall–Kier alpha value is -4.43. The summed E-state index contributed by atoms with van der Waals surface area (Å²) in [4.78, 5) is 33.2. The van der Waals surface area contributed by atoms with Gasteiger partial charge in [0, 0.05) is 47.3 Å². The van der Waals surface area contributed by atoms with E-state index in [9.17, 15) is 4.79 Å². The van der Waals surface area contributed by atoms with Gasteiger partial charge in [0.15, 0.2) is 5.82 Å². The van der Waals surface area contributed by atoms with E-state index in [-0.39, 0.29) is 12.5 Å². The van der Waals surface area contributed by atoms with Crippen molar-refractivity contribution in [1.82, 2.24) is 30.2 Å². The third-order valence-electron chi connectivity index (χ3n) is 5.63. The minimum absolute atomic E-state index is 0.163. The highest BCUT2D eigenvalue weighted by Gasteiger charge is 2.14. The highest BCUT2D eigenvalue weighted by Crippen LogP contribution is 2.30. The number of carbonyl (C=O) groups excluding carboxylic acids is 1. The van der Waals surface area contributed by atoms with Gasteiger partial charge in [0.05, 0.1) is 19.3 Å². The number of ether oxygens (including phenoxy) is 1. The van der Waals surface area contributed by atoms with E-state index in [2.05, 4.69) is 42.1 Å². The molecule has 0 unspecified atom stereocenters. The molecule has 5 aromatic rings. The summed E-state index contributed by atoms with van der Waals surface area (Å²) in [7, 11) is 1.38. The third kappa shape index (κ3) is 4.92. The molecule has 0 spiro atoms. The van der Waals surface area contributed by atoms with Gasteiger partial charge in [-0.3, -0.25) is 9.78 Å². The van der Waals surface area contributed by atoms with Crippen LogP contribution < -0.4 is 5.32 Å². The molecule has 8 nitrogen and oxygen atoms in total. The number of esters is 1. The number of benzene rings is 1. The second kappa shape index (κ2) is 9.82. The summed E-state index contributed by atoms with van der Waals surface area (Å²) in [6.45, 7) is 2.67. The lowest BCUT2D eigenvalue weighted by Gasteiger charge is -2.10. The molecule has 5 rings (SSSR count). The summed E-state index contributed by atoms with van der Waals surface area (Å²) >= 11 is 0. The Morgan fingerprint density at radius 1 is 0.971 bits per heavy atom. The van der Waals surface area contributed by atoms with Gasteiger partial charge in [0.2, 0.25) is 0 Å². The Balaban J connectivity index is 1.50. The molecule has 8 heteroatoms. The number of hydrogen-bond donors (Lipinski definition) is 2. The van der Waals surface area contributed by atoms with Crippen molar-refractivity contribution >= 4 is 17.0 Å². The quantitative estimate of drug-likeness (QED) is 0.346. The number of aryl methyl sites for hydroxylation is 1. The zero-order valence-corrected chi connectivity index (χ0v) is 19.4. The first-order valence-corrected chi connectivity index (χ1v) is 11.2. The molecule has 0 aliphatic heterocycles. The van der Waals surface area contributed by atoms with Crippen molar-refractivity contribution in [1.29, 1.82) is 0 Å². The van der Waals surface area contributed by atoms with Crippen LogP contribution in [-0.2, 0) is 16.1 Å². The number of nitrogens with one attached hydrogen (secondary N) is 2. The van der Waals surface area contributed by atoms with Crippen LogP contribution in [0.4, 0.5) is 0 Å². The molecule has 4 aromatic heterocycles. The number of nitrogens with zero attached hydrogens (tertiary/aromatic N) is 4. The highest BCUT2D eigenvalue weighted by molar-refractivity contribution is 5.92. The van der Waals surface area contributed by atoms with Crippen molar-refractivity contribution in [3.8, 4) is 33.9 Å². The van der Waals surface area contributed by atoms with E-state index in [1.54, 1.807) is 0 Å². The lowest BCUT2D eigenvalue weighted by molar-refractivity contribution is -0.139. The number of H-pyrrole nitrogens is 1. The van der Waals surface area contributed by atoms with Crippen LogP contribution in [0.25, 0.3) is 44.9 Å². The molecule has 0 bridgehead atoms. The predicted octanol–water partition coefficient (Wildman–Crippen LogP) is 4.32. The fourth-order valence-electron chi connectivity index (χ4n) is 3.91. The number of hydrogen-bond acceptors (Lipinski definition) is 7. The first kappa shape index (κ1) is 22.4. The summed E-state index contributed by atoms with van der Waals surface area (Å²) in [6, 6.07) is 18.0. The SMILES string of the molecule is COC(=O)CNCc1cccc(-c2cncc(-c3nc(-c4cccc(C)n4)nc4[nH]ccc34)c2)c1. The van der Waals surface area contributed by atoms with Crippen LogP contribution in [0.15, 0.2) is 73.2 Å². The number of carbonyl (C=O) groups is 1. The molecule has 0 radical (unpaired) electrons. The monoisotopic (exact) mass is 464 g/mol. The number of methoxy groups -OCH3 is 1. The van der Waals surface area contributed by atoms with E-state index < -0.39 is 0 Å². The molecule has 0 aliphatic rings. The first-order valence-electron chi connectivity index (χ1n) is 11.2. The zero-order chi connectivity index (χ0) is 24.2. The van der Waals surface area contributed by atoms with Crippen molar-refractivity contribution in [2.45, 2.75) is 13.5 Å². The van der Waals surface area contributed by atoms with Crippen LogP contribution in [0, 0.1) is 6.92 Å². The topological polar surface area (TPSA) is 106 Å². The third-order valence-corrected chi connectivity index (χ3v) is 5.63. The average molecular weight is 465 g/mol. The van der Waals surface area contributed by atoms with Crippen LogP contribution in [-0.4, -0.2) is 44.5 Å². The molecule has 0 aliphatic carbocycles. The van der Waals surface area contributed by atoms with Gasteiger partial charge in [-0.25, -0.2) is 15.0 Å². The lowest BCUT2D eigenvalue weighted by Crippen LogP contribution is -2.23. The van der Waals surface area contributed by atoms with Crippen molar-refractivity contribution in [2.75, 3.05) is 13.7 Å². The molecule has 1 aromatic carbocycles. The maximum Gasteiger partial charge on any atom is 0.319 e. The molecular weight excluding hydrogens is 440 g/mol. The molecule has 0 amide bonds. The normalized spacial score (nSPS) is 11.0. The van der Waals surface area contributed by atoms with Gasteiger partial charge in [-0.15, -0.1) is 0 Å². The Bertz CT molecular complexity index is 1510. The first-order chi connectivity index (χ1) is 17.1. The summed E-state index contributed by atoms with van der Waals surface area (Å²) in [5.74, 6) is 0.266. The second-order valence-electron chi connectivity index (χ2n) is 8.14. The maximum absolute atomic E-state index is 11.4. The van der Waals surface area contributed by atoms with Crippen LogP contribution in [0.3, 0.4) is 0 Å². The number of rotatable bonds is 7. The fraction of sp³-hybridized carbons (Fsp3) is 0.148. The molecule has 2 N–H and O–H groups in total. The number of fused-ring (bicyclic) bond motifs is 1. The smallest absolute Gasteiger partial charge is 0.319 e. The molecule has 174 valence electrons. The number of aromatic nitrogens is 5. The minimum atomic E-state index is -0.292. The zero-order valence-electron chi connectivity index (χ0n) is 19.4. The van der Waals surface area contributed by atoms with Gasteiger partial charge in [-0.05, 0) is 48.4 Å². The van der Waals surface area contributed by atoms with Gasteiger partial charge in [-0.2, -0.15) is 0 Å². The summed E-state index contributed by atoms with van der Waals surface area (Å²) < 4.78 is 4.68. The van der Waals surface area contributed by atoms with E-state index in [0.717, 1.165) is 50.4 Å². The van der Waals surface area contributed by atoms with Gasteiger partial charge >= 0.3 is 5.97 Å². The van der Waals surface area contributed by atoms with Crippen LogP contribution in [0.5, 0.6) is 0 Å². The Morgan fingerprint density at radius 3 is 2.69 bits per heavy atom. The Labute approximate surface area is 202 Å². The van der Waals surface area contributed by atoms with Crippen molar-refractivity contribution < 1.29 is 9.53 Å². The Kier molecular flexibility index (Phi) is 6.28. The van der Waals surface area contributed by atoms with E-state index >= 15 is 0 Å². The van der Waals surface area contributed by atoms with Crippen molar-refractivity contribution in [2.24, 2.45) is 0 Å². The molecule has 0 atom stereocenters. The highest BCUT2D eigenvalue weighted by atomic mass is 16.5. The molecule has 0 saturated heterocycles. The van der Waals surface area contributed by atoms with E-state index in [1.807, 2.05) is 68.0 Å². The standard InChI is InChI=1S/C27H24N6O2/c1-17-5-3-8-23(31-17)27-32-25(22-9-10-30-26(22)33-27)21-12-20(14-29-15-21)19-7-4-6-18(11-19)13-28-16-24(34)35-2/h3-12,14-15,28H,13,16H2,1-2H3,(H,30,32,33). The van der Waals surface area contributed by atoms with Gasteiger partial charge < -0.3 is 15.0 Å². The van der Waals surface area contributed by atoms with Crippen LogP contribution in [0.1, 0.15) is 11.3 Å². The van der Waals surface area contributed by atoms with Crippen molar-refractivity contribution in [3.05, 3.63) is 84.4 Å². The lowest BCUT2D eigenvalue weighted by atomic mass is 10.0. The maximum atomic E-state index is 11.4. The number of aromatic amines is 1. The Morgan fingerprint density at radius 2 is 1.83 bits per heavy atom. The molecule has 35 heavy (non-hydrogen) atoms. The molecule has 4 heterocycles. The van der Waals surface area contributed by atoms with E-state index in [0.29, 0.717) is 12.4 Å². The minimum Gasteiger partial charge on any atom is -0.468 e. The molecular formula is C27H24N6O2. The van der Waals surface area contributed by atoms with Crippen molar-refractivity contribution in [3.63, 3.8) is 0 Å². The molecule has 0 fully saturated rings. The largest absolute Gasteiger partial charge is 0.468 e. The van der Waals surface area contributed by atoms with Gasteiger partial charge in [0.25, 0.3) is 0 Å². The fourth-order valence-corrected chi connectivity index (χ4v) is 3.91. The summed E-state index contributed by atoms with van der Waals surface area (Å²) in [5, 5.41) is 4.01. The van der Waals surface area contributed by atoms with Gasteiger partial charge in [0.1, 0.15) is 11.3 Å². The molecule has 0 saturated carbocycles. The van der Waals surface area contributed by atoms with Gasteiger partial charge in [-0.1, -0.05) is 24.3 Å². The summed E-state index contributed by atoms with van der Waals surface area (Å²) in [6.07, 6.45) is 5.51. The predicted molar refractivity (Wildman–Crippen MR) is 134 cm³/mol.